The standard InChI is InChI=1S/C15H16N4O3S/c20-13-7-6-10(16-17-13)14(21)18-19-15(22)12-8-9-4-2-1-3-5-11(9)23-12/h6-8H,1-5H2,(H,17,20)(H,18,21)(H,19,22). The lowest BCUT2D eigenvalue weighted by Crippen LogP contribution is -2.41. The minimum absolute atomic E-state index is 0.0202. The molecule has 0 bridgehead atoms. The van der Waals surface area contributed by atoms with E-state index in [2.05, 4.69) is 21.0 Å². The Hall–Kier alpha value is -2.48. The van der Waals surface area contributed by atoms with Crippen molar-refractivity contribution in [1.29, 1.82) is 0 Å². The summed E-state index contributed by atoms with van der Waals surface area (Å²) < 4.78 is 0. The van der Waals surface area contributed by atoms with Gasteiger partial charge in [-0.2, -0.15) is 5.10 Å². The molecule has 3 N–H and O–H groups in total. The molecule has 3 rings (SSSR count). The second-order valence-corrected chi connectivity index (χ2v) is 6.47. The molecule has 7 nitrogen and oxygen atoms in total. The van der Waals surface area contributed by atoms with E-state index in [1.54, 1.807) is 0 Å². The Morgan fingerprint density at radius 2 is 1.87 bits per heavy atom. The van der Waals surface area contributed by atoms with Gasteiger partial charge in [-0.1, -0.05) is 6.42 Å². The lowest BCUT2D eigenvalue weighted by atomic mass is 10.1. The number of hydrogen-bond acceptors (Lipinski definition) is 5. The number of thiophene rings is 1. The Bertz CT molecular complexity index is 752. The highest BCUT2D eigenvalue weighted by atomic mass is 32.1. The summed E-state index contributed by atoms with van der Waals surface area (Å²) in [6, 6.07) is 4.39. The zero-order valence-electron chi connectivity index (χ0n) is 12.3. The number of aromatic amines is 1. The first-order valence-electron chi connectivity index (χ1n) is 7.41. The quantitative estimate of drug-likeness (QED) is 0.567. The summed E-state index contributed by atoms with van der Waals surface area (Å²) in [5, 5.41) is 5.76. The summed E-state index contributed by atoms with van der Waals surface area (Å²) in [5.74, 6) is -0.937. The van der Waals surface area contributed by atoms with Crippen LogP contribution in [0.25, 0.3) is 0 Å². The van der Waals surface area contributed by atoms with Crippen molar-refractivity contribution in [3.05, 3.63) is 49.6 Å². The van der Waals surface area contributed by atoms with Crippen molar-refractivity contribution in [1.82, 2.24) is 21.0 Å². The van der Waals surface area contributed by atoms with E-state index in [1.165, 1.54) is 40.3 Å². The smallest absolute Gasteiger partial charge is 0.268 e. The number of carbonyl (C=O) groups is 2. The maximum Gasteiger partial charge on any atom is 0.290 e. The van der Waals surface area contributed by atoms with Gasteiger partial charge in [0.2, 0.25) is 0 Å². The molecule has 0 fully saturated rings. The minimum Gasteiger partial charge on any atom is -0.268 e. The number of nitrogens with zero attached hydrogens (tertiary/aromatic N) is 1. The maximum absolute atomic E-state index is 12.1. The van der Waals surface area contributed by atoms with Gasteiger partial charge in [0, 0.05) is 10.9 Å². The second kappa shape index (κ2) is 6.74. The van der Waals surface area contributed by atoms with Gasteiger partial charge in [0.25, 0.3) is 17.4 Å². The fourth-order valence-corrected chi connectivity index (χ4v) is 3.64. The van der Waals surface area contributed by atoms with E-state index in [1.807, 2.05) is 6.07 Å². The summed E-state index contributed by atoms with van der Waals surface area (Å²) >= 11 is 1.48. The SMILES string of the molecule is O=C(NNC(=O)c1cc2c(s1)CCCCC2)c1ccc(=O)[nH]n1. The van der Waals surface area contributed by atoms with Gasteiger partial charge < -0.3 is 0 Å². The predicted octanol–water partition coefficient (Wildman–Crippen LogP) is 1.18. The molecule has 120 valence electrons. The van der Waals surface area contributed by atoms with Crippen molar-refractivity contribution < 1.29 is 9.59 Å². The molecule has 2 aromatic rings. The number of amides is 2. The molecule has 8 heteroatoms. The zero-order chi connectivity index (χ0) is 16.2. The van der Waals surface area contributed by atoms with Crippen molar-refractivity contribution in [2.45, 2.75) is 32.1 Å². The molecule has 0 spiro atoms. The fourth-order valence-electron chi connectivity index (χ4n) is 2.49. The molecule has 0 saturated carbocycles. The van der Waals surface area contributed by atoms with Crippen LogP contribution in [0.1, 0.15) is 49.9 Å². The molecular weight excluding hydrogens is 316 g/mol. The van der Waals surface area contributed by atoms with E-state index in [-0.39, 0.29) is 11.6 Å². The lowest BCUT2D eigenvalue weighted by molar-refractivity contribution is 0.0845. The summed E-state index contributed by atoms with van der Waals surface area (Å²) in [7, 11) is 0. The van der Waals surface area contributed by atoms with E-state index in [4.69, 9.17) is 0 Å². The van der Waals surface area contributed by atoms with Crippen molar-refractivity contribution in [2.24, 2.45) is 0 Å². The Morgan fingerprint density at radius 1 is 1.09 bits per heavy atom. The van der Waals surface area contributed by atoms with Crippen LogP contribution in [0.15, 0.2) is 23.0 Å². The molecule has 2 aromatic heterocycles. The van der Waals surface area contributed by atoms with E-state index >= 15 is 0 Å². The predicted molar refractivity (Wildman–Crippen MR) is 85.4 cm³/mol. The molecule has 23 heavy (non-hydrogen) atoms. The summed E-state index contributed by atoms with van der Waals surface area (Å²) in [5.41, 5.74) is 5.53. The van der Waals surface area contributed by atoms with E-state index in [0.29, 0.717) is 4.88 Å². The van der Waals surface area contributed by atoms with Crippen LogP contribution < -0.4 is 16.4 Å². The first-order chi connectivity index (χ1) is 11.1. The summed E-state index contributed by atoms with van der Waals surface area (Å²) in [6.07, 6.45) is 5.56. The van der Waals surface area contributed by atoms with Crippen molar-refractivity contribution in [3.8, 4) is 0 Å². The molecule has 0 aromatic carbocycles. The number of fused-ring (bicyclic) bond motifs is 1. The zero-order valence-corrected chi connectivity index (χ0v) is 13.2. The van der Waals surface area contributed by atoms with Crippen molar-refractivity contribution >= 4 is 23.2 Å². The third-order valence-electron chi connectivity index (χ3n) is 3.67. The van der Waals surface area contributed by atoms with Gasteiger partial charge in [-0.15, -0.1) is 11.3 Å². The fraction of sp³-hybridized carbons (Fsp3) is 0.333. The Balaban J connectivity index is 1.62. The van der Waals surface area contributed by atoms with E-state index < -0.39 is 11.5 Å². The van der Waals surface area contributed by atoms with Crippen LogP contribution in [0.4, 0.5) is 0 Å². The number of H-pyrrole nitrogens is 1. The Kier molecular flexibility index (Phi) is 4.52. The number of hydrazine groups is 1. The van der Waals surface area contributed by atoms with Crippen LogP contribution in [0.3, 0.4) is 0 Å². The number of aromatic nitrogens is 2. The Labute approximate surface area is 136 Å². The van der Waals surface area contributed by atoms with Gasteiger partial charge in [0.05, 0.1) is 4.88 Å². The molecule has 1 aliphatic carbocycles. The highest BCUT2D eigenvalue weighted by molar-refractivity contribution is 7.14. The molecule has 0 saturated heterocycles. The number of nitrogens with one attached hydrogen (secondary N) is 3. The van der Waals surface area contributed by atoms with Gasteiger partial charge in [0.1, 0.15) is 0 Å². The van der Waals surface area contributed by atoms with Gasteiger partial charge in [0.15, 0.2) is 5.69 Å². The molecule has 2 heterocycles. The average Bonchev–Trinajstić information content (AvgIpc) is 2.84. The van der Waals surface area contributed by atoms with E-state index in [0.717, 1.165) is 25.7 Å². The second-order valence-electron chi connectivity index (χ2n) is 5.33. The summed E-state index contributed by atoms with van der Waals surface area (Å²) in [4.78, 5) is 36.7. The molecule has 0 atom stereocenters. The van der Waals surface area contributed by atoms with E-state index in [9.17, 15) is 14.4 Å². The third-order valence-corrected chi connectivity index (χ3v) is 4.91. The monoisotopic (exact) mass is 332 g/mol. The number of aryl methyl sites for hydroxylation is 2. The number of hydrogen-bond donors (Lipinski definition) is 3. The van der Waals surface area contributed by atoms with Crippen LogP contribution in [0, 0.1) is 0 Å². The molecule has 0 aliphatic heterocycles. The highest BCUT2D eigenvalue weighted by Crippen LogP contribution is 2.28. The molecule has 0 radical (unpaired) electrons. The third kappa shape index (κ3) is 3.65. The number of carbonyl (C=O) groups excluding carboxylic acids is 2. The van der Waals surface area contributed by atoms with Crippen LogP contribution in [-0.4, -0.2) is 22.0 Å². The first-order valence-corrected chi connectivity index (χ1v) is 8.23. The van der Waals surface area contributed by atoms with Crippen molar-refractivity contribution in [3.63, 3.8) is 0 Å². The first kappa shape index (κ1) is 15.4. The van der Waals surface area contributed by atoms with Gasteiger partial charge in [-0.05, 0) is 43.4 Å². The van der Waals surface area contributed by atoms with Gasteiger partial charge in [-0.25, -0.2) is 5.10 Å². The van der Waals surface area contributed by atoms with Crippen molar-refractivity contribution in [2.75, 3.05) is 0 Å². The molecule has 2 amide bonds. The minimum atomic E-state index is -0.590. The van der Waals surface area contributed by atoms with Crippen LogP contribution >= 0.6 is 11.3 Å². The molecule has 1 aliphatic rings. The van der Waals surface area contributed by atoms with Crippen LogP contribution in [0.2, 0.25) is 0 Å². The van der Waals surface area contributed by atoms with Gasteiger partial charge >= 0.3 is 0 Å². The topological polar surface area (TPSA) is 104 Å². The van der Waals surface area contributed by atoms with Crippen LogP contribution in [0.5, 0.6) is 0 Å². The normalized spacial score (nSPS) is 13.7. The average molecular weight is 332 g/mol. The largest absolute Gasteiger partial charge is 0.290 e. The lowest BCUT2D eigenvalue weighted by Gasteiger charge is -2.05. The maximum atomic E-state index is 12.1. The highest BCUT2D eigenvalue weighted by Gasteiger charge is 2.17. The summed E-state index contributed by atoms with van der Waals surface area (Å²) in [6.45, 7) is 0. The van der Waals surface area contributed by atoms with Crippen LogP contribution in [-0.2, 0) is 12.8 Å². The molecule has 0 unspecified atom stereocenters. The Morgan fingerprint density at radius 3 is 2.65 bits per heavy atom. The van der Waals surface area contributed by atoms with Gasteiger partial charge in [-0.3, -0.25) is 25.2 Å². The molecular formula is C15H16N4O3S. The number of rotatable bonds is 2.